The molecular weight excluding hydrogens is 204 g/mol. The lowest BCUT2D eigenvalue weighted by molar-refractivity contribution is -0.132. The van der Waals surface area contributed by atoms with Crippen molar-refractivity contribution in [3.05, 3.63) is 10.6 Å². The number of hydrogen-bond acceptors (Lipinski definition) is 2. The molecule has 0 unspecified atom stereocenters. The molecule has 0 radical (unpaired) electrons. The first-order valence-corrected chi connectivity index (χ1v) is 5.24. The number of carboxylic acid groups (broad SMARTS) is 1. The quantitative estimate of drug-likeness (QED) is 0.731. The van der Waals surface area contributed by atoms with E-state index in [0.29, 0.717) is 30.2 Å². The average Bonchev–Trinajstić information content (AvgIpc) is 2.46. The van der Waals surface area contributed by atoms with Crippen molar-refractivity contribution < 1.29 is 14.6 Å². The first-order valence-electron chi connectivity index (χ1n) is 4.86. The molecule has 1 aliphatic carbocycles. The molecule has 1 aliphatic heterocycles. The van der Waals surface area contributed by atoms with Gasteiger partial charge in [0.05, 0.1) is 5.57 Å². The van der Waals surface area contributed by atoms with Crippen molar-refractivity contribution in [2.45, 2.75) is 25.7 Å². The van der Waals surface area contributed by atoms with E-state index < -0.39 is 5.97 Å². The Labute approximate surface area is 87.7 Å². The van der Waals surface area contributed by atoms with Crippen LogP contribution in [0.25, 0.3) is 0 Å². The van der Waals surface area contributed by atoms with Gasteiger partial charge < -0.3 is 9.84 Å². The second kappa shape index (κ2) is 3.55. The lowest BCUT2D eigenvalue weighted by atomic mass is 9.80. The summed E-state index contributed by atoms with van der Waals surface area (Å²) in [6.45, 7) is 1.40. The lowest BCUT2D eigenvalue weighted by Crippen LogP contribution is -2.27. The maximum absolute atomic E-state index is 10.9. The van der Waals surface area contributed by atoms with Crippen LogP contribution in [0.2, 0.25) is 0 Å². The van der Waals surface area contributed by atoms with Gasteiger partial charge in [-0.1, -0.05) is 11.6 Å². The highest BCUT2D eigenvalue weighted by Crippen LogP contribution is 2.51. The zero-order valence-electron chi connectivity index (χ0n) is 7.88. The van der Waals surface area contributed by atoms with Crippen LogP contribution in [0.5, 0.6) is 0 Å². The fourth-order valence-corrected chi connectivity index (χ4v) is 2.80. The van der Waals surface area contributed by atoms with Crippen molar-refractivity contribution in [2.75, 3.05) is 13.2 Å². The summed E-state index contributed by atoms with van der Waals surface area (Å²) in [5, 5.41) is 9.50. The van der Waals surface area contributed by atoms with Gasteiger partial charge in [-0.25, -0.2) is 4.79 Å². The molecule has 0 aromatic carbocycles. The molecule has 1 N–H and O–H groups in total. The Kier molecular flexibility index (Phi) is 2.54. The summed E-state index contributed by atoms with van der Waals surface area (Å²) in [5.74, 6) is -0.863. The van der Waals surface area contributed by atoms with Gasteiger partial charge in [0.1, 0.15) is 0 Å². The average molecular weight is 217 g/mol. The molecule has 1 spiro atoms. The standard InChI is InChI=1S/C10H13ClO3/c11-8-7(9(12)13)1-2-10(8)3-5-14-6-4-10/h1-6H2,(H,12,13). The molecule has 0 aromatic heterocycles. The summed E-state index contributed by atoms with van der Waals surface area (Å²) < 4.78 is 5.27. The molecule has 0 atom stereocenters. The van der Waals surface area contributed by atoms with Crippen LogP contribution < -0.4 is 0 Å². The maximum Gasteiger partial charge on any atom is 0.332 e. The lowest BCUT2D eigenvalue weighted by Gasteiger charge is -2.33. The summed E-state index contributed by atoms with van der Waals surface area (Å²) in [7, 11) is 0. The predicted octanol–water partition coefficient (Wildman–Crippen LogP) is 2.15. The summed E-state index contributed by atoms with van der Waals surface area (Å²) >= 11 is 6.15. The molecule has 2 rings (SSSR count). The molecule has 4 heteroatoms. The zero-order chi connectivity index (χ0) is 10.2. The Morgan fingerprint density at radius 2 is 2.00 bits per heavy atom. The van der Waals surface area contributed by atoms with Crippen LogP contribution in [0.1, 0.15) is 25.7 Å². The van der Waals surface area contributed by atoms with Crippen LogP contribution in [0.3, 0.4) is 0 Å². The van der Waals surface area contributed by atoms with Crippen LogP contribution in [0, 0.1) is 5.41 Å². The van der Waals surface area contributed by atoms with Gasteiger partial charge >= 0.3 is 5.97 Å². The van der Waals surface area contributed by atoms with Crippen LogP contribution in [-0.4, -0.2) is 24.3 Å². The van der Waals surface area contributed by atoms with Crippen LogP contribution >= 0.6 is 11.6 Å². The van der Waals surface area contributed by atoms with Crippen LogP contribution in [0.4, 0.5) is 0 Å². The molecule has 0 bridgehead atoms. The van der Waals surface area contributed by atoms with Gasteiger partial charge in [0.25, 0.3) is 0 Å². The third kappa shape index (κ3) is 1.44. The zero-order valence-corrected chi connectivity index (χ0v) is 8.64. The number of carbonyl (C=O) groups is 1. The molecule has 1 heterocycles. The van der Waals surface area contributed by atoms with Crippen molar-refractivity contribution in [1.29, 1.82) is 0 Å². The number of allylic oxidation sites excluding steroid dienone is 1. The second-order valence-corrected chi connectivity index (χ2v) is 4.37. The summed E-state index contributed by atoms with van der Waals surface area (Å²) in [6.07, 6.45) is 3.20. The molecule has 0 aromatic rings. The SMILES string of the molecule is O=C(O)C1=C(Cl)C2(CCOCC2)CC1. The van der Waals surface area contributed by atoms with Crippen LogP contribution in [0.15, 0.2) is 10.6 Å². The number of hydrogen-bond donors (Lipinski definition) is 1. The minimum absolute atomic E-state index is 0.0759. The van der Waals surface area contributed by atoms with Crippen molar-refractivity contribution in [3.63, 3.8) is 0 Å². The number of aliphatic carboxylic acids is 1. The van der Waals surface area contributed by atoms with Crippen molar-refractivity contribution in [3.8, 4) is 0 Å². The normalized spacial score (nSPS) is 25.8. The number of rotatable bonds is 1. The third-order valence-corrected chi connectivity index (χ3v) is 3.92. The maximum atomic E-state index is 10.9. The molecule has 1 saturated heterocycles. The monoisotopic (exact) mass is 216 g/mol. The van der Waals surface area contributed by atoms with Gasteiger partial charge in [0, 0.05) is 23.7 Å². The van der Waals surface area contributed by atoms with E-state index in [-0.39, 0.29) is 5.41 Å². The van der Waals surface area contributed by atoms with Crippen molar-refractivity contribution >= 4 is 17.6 Å². The van der Waals surface area contributed by atoms with Gasteiger partial charge in [-0.3, -0.25) is 0 Å². The molecule has 0 saturated carbocycles. The molecule has 0 amide bonds. The molecule has 14 heavy (non-hydrogen) atoms. The Morgan fingerprint density at radius 1 is 1.36 bits per heavy atom. The van der Waals surface area contributed by atoms with Gasteiger partial charge in [0.15, 0.2) is 0 Å². The molecule has 2 aliphatic rings. The predicted molar refractivity (Wildman–Crippen MR) is 52.2 cm³/mol. The van der Waals surface area contributed by atoms with E-state index in [0.717, 1.165) is 19.3 Å². The Balaban J connectivity index is 2.26. The second-order valence-electron chi connectivity index (χ2n) is 3.99. The first-order chi connectivity index (χ1) is 6.66. The highest BCUT2D eigenvalue weighted by molar-refractivity contribution is 6.32. The summed E-state index contributed by atoms with van der Waals surface area (Å²) in [6, 6.07) is 0. The van der Waals surface area contributed by atoms with E-state index in [2.05, 4.69) is 0 Å². The number of ether oxygens (including phenoxy) is 1. The molecule has 1 fully saturated rings. The smallest absolute Gasteiger partial charge is 0.332 e. The van der Waals surface area contributed by atoms with Gasteiger partial charge in [0.2, 0.25) is 0 Å². The Hall–Kier alpha value is -0.540. The highest BCUT2D eigenvalue weighted by Gasteiger charge is 2.42. The molecule has 3 nitrogen and oxygen atoms in total. The minimum atomic E-state index is -0.863. The van der Waals surface area contributed by atoms with Crippen molar-refractivity contribution in [1.82, 2.24) is 0 Å². The van der Waals surface area contributed by atoms with E-state index in [1.165, 1.54) is 0 Å². The van der Waals surface area contributed by atoms with Gasteiger partial charge in [-0.2, -0.15) is 0 Å². The van der Waals surface area contributed by atoms with E-state index in [1.54, 1.807) is 0 Å². The van der Waals surface area contributed by atoms with E-state index >= 15 is 0 Å². The minimum Gasteiger partial charge on any atom is -0.478 e. The Morgan fingerprint density at radius 3 is 2.50 bits per heavy atom. The van der Waals surface area contributed by atoms with Gasteiger partial charge in [-0.15, -0.1) is 0 Å². The summed E-state index contributed by atoms with van der Waals surface area (Å²) in [4.78, 5) is 10.9. The van der Waals surface area contributed by atoms with E-state index in [1.807, 2.05) is 0 Å². The van der Waals surface area contributed by atoms with E-state index in [9.17, 15) is 4.79 Å². The van der Waals surface area contributed by atoms with Crippen molar-refractivity contribution in [2.24, 2.45) is 5.41 Å². The first kappa shape index (κ1) is 9.99. The highest BCUT2D eigenvalue weighted by atomic mass is 35.5. The number of halogens is 1. The largest absolute Gasteiger partial charge is 0.478 e. The summed E-state index contributed by atoms with van der Waals surface area (Å²) in [5.41, 5.74) is 0.335. The topological polar surface area (TPSA) is 46.5 Å². The van der Waals surface area contributed by atoms with E-state index in [4.69, 9.17) is 21.4 Å². The van der Waals surface area contributed by atoms with Gasteiger partial charge in [-0.05, 0) is 25.7 Å². The fraction of sp³-hybridized carbons (Fsp3) is 0.700. The molecular formula is C10H13ClO3. The molecule has 78 valence electrons. The van der Waals surface area contributed by atoms with Crippen LogP contribution in [-0.2, 0) is 9.53 Å². The number of carboxylic acids is 1. The fourth-order valence-electron chi connectivity index (χ4n) is 2.34. The third-order valence-electron chi connectivity index (χ3n) is 3.29. The Bertz CT molecular complexity index is 290.